The molecule has 1 aromatic rings. The van der Waals surface area contributed by atoms with Crippen LogP contribution in [-0.4, -0.2) is 51.5 Å². The first-order chi connectivity index (χ1) is 13.7. The second kappa shape index (κ2) is 15.0. The monoisotopic (exact) mass is 517 g/mol. The average Bonchev–Trinajstić information content (AvgIpc) is 2.76. The molecule has 0 saturated carbocycles. The van der Waals surface area contributed by atoms with E-state index in [0.29, 0.717) is 6.10 Å². The van der Waals surface area contributed by atoms with Crippen molar-refractivity contribution in [2.45, 2.75) is 64.4 Å². The SMILES string of the molecule is CCNC(=NCC(CC)(CC)c1ccccc1)NCCCOC1CCOCC1.I. The van der Waals surface area contributed by atoms with Crippen molar-refractivity contribution in [1.82, 2.24) is 10.6 Å². The van der Waals surface area contributed by atoms with Crippen molar-refractivity contribution in [1.29, 1.82) is 0 Å². The highest BCUT2D eigenvalue weighted by atomic mass is 127. The third-order valence-corrected chi connectivity index (χ3v) is 5.76. The second-order valence-electron chi connectivity index (χ2n) is 7.51. The first-order valence-electron chi connectivity index (χ1n) is 11.0. The van der Waals surface area contributed by atoms with Gasteiger partial charge in [0, 0.05) is 38.3 Å². The number of hydrogen-bond donors (Lipinski definition) is 2. The van der Waals surface area contributed by atoms with Crippen LogP contribution in [0.2, 0.25) is 0 Å². The first kappa shape index (κ1) is 26.2. The lowest BCUT2D eigenvalue weighted by Crippen LogP contribution is -2.40. The number of halogens is 1. The molecule has 166 valence electrons. The van der Waals surface area contributed by atoms with Gasteiger partial charge in [0.15, 0.2) is 5.96 Å². The molecule has 0 unspecified atom stereocenters. The molecule has 1 heterocycles. The maximum atomic E-state index is 5.95. The van der Waals surface area contributed by atoms with Crippen molar-refractivity contribution in [2.24, 2.45) is 4.99 Å². The molecule has 2 N–H and O–H groups in total. The summed E-state index contributed by atoms with van der Waals surface area (Å²) in [5, 5.41) is 6.84. The predicted octanol–water partition coefficient (Wildman–Crippen LogP) is 4.50. The van der Waals surface area contributed by atoms with E-state index < -0.39 is 0 Å². The van der Waals surface area contributed by atoms with Crippen LogP contribution in [0, 0.1) is 0 Å². The normalized spacial score (nSPS) is 15.6. The Kier molecular flexibility index (Phi) is 13.6. The molecule has 29 heavy (non-hydrogen) atoms. The Bertz CT molecular complexity index is 559. The van der Waals surface area contributed by atoms with Gasteiger partial charge < -0.3 is 20.1 Å². The number of nitrogens with zero attached hydrogens (tertiary/aromatic N) is 1. The summed E-state index contributed by atoms with van der Waals surface area (Å²) in [5.41, 5.74) is 1.47. The first-order valence-corrected chi connectivity index (χ1v) is 11.0. The molecule has 1 fully saturated rings. The van der Waals surface area contributed by atoms with Crippen molar-refractivity contribution in [3.8, 4) is 0 Å². The third-order valence-electron chi connectivity index (χ3n) is 5.76. The summed E-state index contributed by atoms with van der Waals surface area (Å²) in [6, 6.07) is 10.8. The maximum absolute atomic E-state index is 5.95. The van der Waals surface area contributed by atoms with E-state index in [1.807, 2.05) is 0 Å². The van der Waals surface area contributed by atoms with E-state index in [4.69, 9.17) is 14.5 Å². The van der Waals surface area contributed by atoms with Crippen LogP contribution >= 0.6 is 24.0 Å². The van der Waals surface area contributed by atoms with E-state index in [1.165, 1.54) is 5.56 Å². The van der Waals surface area contributed by atoms with E-state index >= 15 is 0 Å². The molecule has 0 spiro atoms. The lowest BCUT2D eigenvalue weighted by atomic mass is 9.76. The Morgan fingerprint density at radius 1 is 1.10 bits per heavy atom. The highest BCUT2D eigenvalue weighted by Gasteiger charge is 2.28. The molecule has 1 aromatic carbocycles. The van der Waals surface area contributed by atoms with E-state index in [-0.39, 0.29) is 29.4 Å². The summed E-state index contributed by atoms with van der Waals surface area (Å²) in [7, 11) is 0. The van der Waals surface area contributed by atoms with E-state index in [2.05, 4.69) is 61.7 Å². The lowest BCUT2D eigenvalue weighted by Gasteiger charge is -2.31. The molecule has 1 aliphatic heterocycles. The fraction of sp³-hybridized carbons (Fsp3) is 0.696. The molecule has 0 aliphatic carbocycles. The van der Waals surface area contributed by atoms with Gasteiger partial charge in [0.1, 0.15) is 0 Å². The van der Waals surface area contributed by atoms with Crippen LogP contribution in [0.5, 0.6) is 0 Å². The van der Waals surface area contributed by atoms with Crippen molar-refractivity contribution in [3.05, 3.63) is 35.9 Å². The summed E-state index contributed by atoms with van der Waals surface area (Å²) >= 11 is 0. The van der Waals surface area contributed by atoms with Crippen LogP contribution < -0.4 is 10.6 Å². The van der Waals surface area contributed by atoms with Crippen LogP contribution in [0.15, 0.2) is 35.3 Å². The fourth-order valence-electron chi connectivity index (χ4n) is 3.71. The molecule has 1 saturated heterocycles. The highest BCUT2D eigenvalue weighted by Crippen LogP contribution is 2.31. The van der Waals surface area contributed by atoms with Crippen molar-refractivity contribution < 1.29 is 9.47 Å². The van der Waals surface area contributed by atoms with Gasteiger partial charge in [0.2, 0.25) is 0 Å². The van der Waals surface area contributed by atoms with Crippen LogP contribution in [0.4, 0.5) is 0 Å². The molecule has 0 radical (unpaired) electrons. The smallest absolute Gasteiger partial charge is 0.191 e. The molecule has 6 heteroatoms. The quantitative estimate of drug-likeness (QED) is 0.197. The number of nitrogens with one attached hydrogen (secondary N) is 2. The Hall–Kier alpha value is -0.860. The fourth-order valence-corrected chi connectivity index (χ4v) is 3.71. The number of ether oxygens (including phenoxy) is 2. The summed E-state index contributed by atoms with van der Waals surface area (Å²) in [6.45, 7) is 11.6. The lowest BCUT2D eigenvalue weighted by molar-refractivity contribution is -0.0320. The van der Waals surface area contributed by atoms with Gasteiger partial charge in [0.05, 0.1) is 12.6 Å². The Morgan fingerprint density at radius 3 is 2.41 bits per heavy atom. The minimum atomic E-state index is 0. The Morgan fingerprint density at radius 2 is 1.79 bits per heavy atom. The van der Waals surface area contributed by atoms with E-state index in [9.17, 15) is 0 Å². The molecule has 0 atom stereocenters. The van der Waals surface area contributed by atoms with E-state index in [0.717, 1.165) is 77.5 Å². The number of guanidine groups is 1. The van der Waals surface area contributed by atoms with Gasteiger partial charge in [0.25, 0.3) is 0 Å². The van der Waals surface area contributed by atoms with Gasteiger partial charge >= 0.3 is 0 Å². The Balaban J connectivity index is 0.00000420. The minimum Gasteiger partial charge on any atom is -0.381 e. The molecular weight excluding hydrogens is 477 g/mol. The molecule has 0 bridgehead atoms. The third kappa shape index (κ3) is 8.80. The van der Waals surface area contributed by atoms with Crippen LogP contribution in [-0.2, 0) is 14.9 Å². The number of aliphatic imine (C=N–C) groups is 1. The number of hydrogen-bond acceptors (Lipinski definition) is 3. The topological polar surface area (TPSA) is 54.9 Å². The molecule has 2 rings (SSSR count). The maximum Gasteiger partial charge on any atom is 0.191 e. The molecular formula is C23H40IN3O2. The molecule has 5 nitrogen and oxygen atoms in total. The zero-order valence-electron chi connectivity index (χ0n) is 18.4. The standard InChI is InChI=1S/C23H39N3O2.HI/c1-4-23(5-2,20-11-8-7-9-12-20)19-26-22(24-6-3)25-15-10-16-28-21-13-17-27-18-14-21;/h7-9,11-12,21H,4-6,10,13-19H2,1-3H3,(H2,24,25,26);1H. The largest absolute Gasteiger partial charge is 0.381 e. The average molecular weight is 517 g/mol. The van der Waals surface area contributed by atoms with Crippen molar-refractivity contribution in [3.63, 3.8) is 0 Å². The van der Waals surface area contributed by atoms with E-state index in [1.54, 1.807) is 0 Å². The molecule has 0 amide bonds. The van der Waals surface area contributed by atoms with Gasteiger partial charge in [-0.05, 0) is 44.6 Å². The molecule has 0 aromatic heterocycles. The number of rotatable bonds is 11. The van der Waals surface area contributed by atoms with Crippen molar-refractivity contribution >= 4 is 29.9 Å². The van der Waals surface area contributed by atoms with Crippen LogP contribution in [0.3, 0.4) is 0 Å². The van der Waals surface area contributed by atoms with Crippen LogP contribution in [0.25, 0.3) is 0 Å². The minimum absolute atomic E-state index is 0. The summed E-state index contributed by atoms with van der Waals surface area (Å²) in [5.74, 6) is 0.899. The molecule has 1 aliphatic rings. The van der Waals surface area contributed by atoms with Crippen molar-refractivity contribution in [2.75, 3.05) is 39.5 Å². The highest BCUT2D eigenvalue weighted by molar-refractivity contribution is 14.0. The van der Waals surface area contributed by atoms with Gasteiger partial charge in [-0.1, -0.05) is 44.2 Å². The van der Waals surface area contributed by atoms with Gasteiger partial charge in [-0.15, -0.1) is 24.0 Å². The van der Waals surface area contributed by atoms with Gasteiger partial charge in [-0.2, -0.15) is 0 Å². The van der Waals surface area contributed by atoms with Gasteiger partial charge in [-0.25, -0.2) is 0 Å². The predicted molar refractivity (Wildman–Crippen MR) is 133 cm³/mol. The zero-order valence-corrected chi connectivity index (χ0v) is 20.7. The second-order valence-corrected chi connectivity index (χ2v) is 7.51. The summed E-state index contributed by atoms with van der Waals surface area (Å²) < 4.78 is 11.3. The summed E-state index contributed by atoms with van der Waals surface area (Å²) in [6.07, 6.45) is 5.55. The van der Waals surface area contributed by atoms with Crippen LogP contribution in [0.1, 0.15) is 58.4 Å². The van der Waals surface area contributed by atoms with Gasteiger partial charge in [-0.3, -0.25) is 4.99 Å². The number of benzene rings is 1. The Labute approximate surface area is 194 Å². The zero-order chi connectivity index (χ0) is 20.1. The summed E-state index contributed by atoms with van der Waals surface area (Å²) in [4.78, 5) is 4.93.